The summed E-state index contributed by atoms with van der Waals surface area (Å²) in [6.45, 7) is 0.547. The van der Waals surface area contributed by atoms with Crippen LogP contribution in [0.5, 0.6) is 0 Å². The SMILES string of the molecule is COCc1cc(Br)ccc1-c1cc(N)n(C)n1. The van der Waals surface area contributed by atoms with Crippen LogP contribution in [-0.2, 0) is 18.4 Å². The van der Waals surface area contributed by atoms with Crippen molar-refractivity contribution in [1.29, 1.82) is 0 Å². The zero-order chi connectivity index (χ0) is 12.4. The van der Waals surface area contributed by atoms with E-state index in [0.29, 0.717) is 12.4 Å². The van der Waals surface area contributed by atoms with Crippen molar-refractivity contribution in [3.05, 3.63) is 34.3 Å². The number of hydrogen-bond acceptors (Lipinski definition) is 3. The van der Waals surface area contributed by atoms with E-state index in [-0.39, 0.29) is 0 Å². The topological polar surface area (TPSA) is 53.1 Å². The van der Waals surface area contributed by atoms with Crippen molar-refractivity contribution in [2.75, 3.05) is 12.8 Å². The molecule has 0 spiro atoms. The second kappa shape index (κ2) is 4.89. The Morgan fingerprint density at radius 2 is 2.18 bits per heavy atom. The van der Waals surface area contributed by atoms with Crippen LogP contribution in [0.15, 0.2) is 28.7 Å². The summed E-state index contributed by atoms with van der Waals surface area (Å²) >= 11 is 3.45. The Hall–Kier alpha value is -1.33. The maximum atomic E-state index is 5.79. The summed E-state index contributed by atoms with van der Waals surface area (Å²) in [6.07, 6.45) is 0. The molecule has 90 valence electrons. The number of aryl methyl sites for hydroxylation is 1. The van der Waals surface area contributed by atoms with E-state index in [4.69, 9.17) is 10.5 Å². The number of halogens is 1. The predicted octanol–water partition coefficient (Wildman–Crippen LogP) is 2.58. The minimum absolute atomic E-state index is 0.547. The van der Waals surface area contributed by atoms with Gasteiger partial charge in [0.15, 0.2) is 0 Å². The molecule has 0 radical (unpaired) electrons. The van der Waals surface area contributed by atoms with Gasteiger partial charge < -0.3 is 10.5 Å². The number of nitrogens with two attached hydrogens (primary N) is 1. The van der Waals surface area contributed by atoms with Gasteiger partial charge in [-0.05, 0) is 17.7 Å². The number of nitrogen functional groups attached to an aromatic ring is 1. The van der Waals surface area contributed by atoms with E-state index >= 15 is 0 Å². The molecule has 0 saturated heterocycles. The third-order valence-corrected chi connectivity index (χ3v) is 3.05. The van der Waals surface area contributed by atoms with E-state index in [0.717, 1.165) is 21.3 Å². The monoisotopic (exact) mass is 295 g/mol. The predicted molar refractivity (Wildman–Crippen MR) is 71.5 cm³/mol. The highest BCUT2D eigenvalue weighted by Crippen LogP contribution is 2.27. The Morgan fingerprint density at radius 3 is 2.76 bits per heavy atom. The number of ether oxygens (including phenoxy) is 1. The Kier molecular flexibility index (Phi) is 3.49. The first-order valence-corrected chi connectivity index (χ1v) is 5.98. The van der Waals surface area contributed by atoms with Crippen LogP contribution in [-0.4, -0.2) is 16.9 Å². The van der Waals surface area contributed by atoms with Gasteiger partial charge in [-0.3, -0.25) is 4.68 Å². The van der Waals surface area contributed by atoms with Crippen molar-refractivity contribution in [3.63, 3.8) is 0 Å². The summed E-state index contributed by atoms with van der Waals surface area (Å²) in [5, 5.41) is 4.37. The van der Waals surface area contributed by atoms with Gasteiger partial charge in [0.1, 0.15) is 5.82 Å². The molecule has 0 unspecified atom stereocenters. The Morgan fingerprint density at radius 1 is 1.41 bits per heavy atom. The van der Waals surface area contributed by atoms with E-state index in [1.165, 1.54) is 0 Å². The molecule has 0 atom stereocenters. The fraction of sp³-hybridized carbons (Fsp3) is 0.250. The van der Waals surface area contributed by atoms with Crippen LogP contribution < -0.4 is 5.73 Å². The summed E-state index contributed by atoms with van der Waals surface area (Å²) < 4.78 is 7.88. The number of benzene rings is 1. The quantitative estimate of drug-likeness (QED) is 0.947. The Labute approximate surface area is 109 Å². The summed E-state index contributed by atoms with van der Waals surface area (Å²) in [5.74, 6) is 0.645. The molecular formula is C12H14BrN3O. The molecule has 2 rings (SSSR count). The maximum Gasteiger partial charge on any atom is 0.121 e. The molecule has 0 aliphatic heterocycles. The van der Waals surface area contributed by atoms with Gasteiger partial charge in [0, 0.05) is 30.3 Å². The van der Waals surface area contributed by atoms with Crippen molar-refractivity contribution in [2.45, 2.75) is 6.61 Å². The van der Waals surface area contributed by atoms with E-state index in [1.807, 2.05) is 31.3 Å². The minimum atomic E-state index is 0.547. The number of aromatic nitrogens is 2. The van der Waals surface area contributed by atoms with Crippen LogP contribution in [0.3, 0.4) is 0 Å². The summed E-state index contributed by atoms with van der Waals surface area (Å²) in [4.78, 5) is 0. The largest absolute Gasteiger partial charge is 0.384 e. The second-order valence-corrected chi connectivity index (χ2v) is 4.73. The average molecular weight is 296 g/mol. The molecule has 0 bridgehead atoms. The van der Waals surface area contributed by atoms with E-state index in [9.17, 15) is 0 Å². The molecule has 4 nitrogen and oxygen atoms in total. The van der Waals surface area contributed by atoms with Crippen LogP contribution in [0.4, 0.5) is 5.82 Å². The summed E-state index contributed by atoms with van der Waals surface area (Å²) in [6, 6.07) is 7.89. The highest BCUT2D eigenvalue weighted by Gasteiger charge is 2.10. The lowest BCUT2D eigenvalue weighted by atomic mass is 10.1. The molecule has 1 heterocycles. The van der Waals surface area contributed by atoms with Gasteiger partial charge in [-0.1, -0.05) is 22.0 Å². The zero-order valence-corrected chi connectivity index (χ0v) is 11.4. The smallest absolute Gasteiger partial charge is 0.121 e. The Bertz CT molecular complexity index is 517. The minimum Gasteiger partial charge on any atom is -0.384 e. The number of nitrogens with zero attached hydrogens (tertiary/aromatic N) is 2. The van der Waals surface area contributed by atoms with Gasteiger partial charge in [-0.15, -0.1) is 0 Å². The van der Waals surface area contributed by atoms with Crippen LogP contribution in [0.2, 0.25) is 0 Å². The first-order chi connectivity index (χ1) is 8.11. The highest BCUT2D eigenvalue weighted by molar-refractivity contribution is 9.10. The molecule has 17 heavy (non-hydrogen) atoms. The van der Waals surface area contributed by atoms with E-state index in [1.54, 1.807) is 11.8 Å². The molecule has 5 heteroatoms. The molecule has 1 aromatic heterocycles. The van der Waals surface area contributed by atoms with E-state index in [2.05, 4.69) is 21.0 Å². The van der Waals surface area contributed by atoms with E-state index < -0.39 is 0 Å². The van der Waals surface area contributed by atoms with Crippen molar-refractivity contribution < 1.29 is 4.74 Å². The molecule has 2 aromatic rings. The zero-order valence-electron chi connectivity index (χ0n) is 9.77. The normalized spacial score (nSPS) is 10.8. The van der Waals surface area contributed by atoms with Crippen molar-refractivity contribution in [2.24, 2.45) is 7.05 Å². The third-order valence-electron chi connectivity index (χ3n) is 2.56. The Balaban J connectivity index is 2.50. The maximum absolute atomic E-state index is 5.79. The highest BCUT2D eigenvalue weighted by atomic mass is 79.9. The van der Waals surface area contributed by atoms with Crippen LogP contribution in [0.25, 0.3) is 11.3 Å². The third kappa shape index (κ3) is 2.50. The number of rotatable bonds is 3. The number of hydrogen-bond donors (Lipinski definition) is 1. The molecule has 0 amide bonds. The van der Waals surface area contributed by atoms with Gasteiger partial charge in [0.2, 0.25) is 0 Å². The molecule has 0 aliphatic rings. The summed E-state index contributed by atoms with van der Waals surface area (Å²) in [7, 11) is 3.51. The lowest BCUT2D eigenvalue weighted by Crippen LogP contribution is -1.97. The molecule has 1 aromatic carbocycles. The standard InChI is InChI=1S/C12H14BrN3O/c1-16-12(14)6-11(15-16)10-4-3-9(13)5-8(10)7-17-2/h3-6H,7,14H2,1-2H3. The first kappa shape index (κ1) is 12.1. The van der Waals surface area contributed by atoms with Crippen molar-refractivity contribution in [1.82, 2.24) is 9.78 Å². The first-order valence-electron chi connectivity index (χ1n) is 5.19. The van der Waals surface area contributed by atoms with Crippen LogP contribution in [0, 0.1) is 0 Å². The molecule has 2 N–H and O–H groups in total. The van der Waals surface area contributed by atoms with Crippen LogP contribution >= 0.6 is 15.9 Å². The molecule has 0 aliphatic carbocycles. The summed E-state index contributed by atoms with van der Waals surface area (Å²) in [5.41, 5.74) is 8.78. The number of anilines is 1. The molecular weight excluding hydrogens is 282 g/mol. The average Bonchev–Trinajstić information content (AvgIpc) is 2.60. The lowest BCUT2D eigenvalue weighted by Gasteiger charge is -2.07. The van der Waals surface area contributed by atoms with Gasteiger partial charge in [0.25, 0.3) is 0 Å². The fourth-order valence-corrected chi connectivity index (χ4v) is 2.11. The van der Waals surface area contributed by atoms with Crippen molar-refractivity contribution in [3.8, 4) is 11.3 Å². The van der Waals surface area contributed by atoms with Crippen LogP contribution in [0.1, 0.15) is 5.56 Å². The molecule has 0 fully saturated rings. The van der Waals surface area contributed by atoms with Gasteiger partial charge in [-0.25, -0.2) is 0 Å². The number of methoxy groups -OCH3 is 1. The van der Waals surface area contributed by atoms with Gasteiger partial charge >= 0.3 is 0 Å². The lowest BCUT2D eigenvalue weighted by molar-refractivity contribution is 0.185. The second-order valence-electron chi connectivity index (χ2n) is 3.81. The fourth-order valence-electron chi connectivity index (χ4n) is 1.70. The van der Waals surface area contributed by atoms with Gasteiger partial charge in [-0.2, -0.15) is 5.10 Å². The van der Waals surface area contributed by atoms with Gasteiger partial charge in [0.05, 0.1) is 12.3 Å². The van der Waals surface area contributed by atoms with Crippen molar-refractivity contribution >= 4 is 21.7 Å². The molecule has 0 saturated carbocycles.